The van der Waals surface area contributed by atoms with Crippen LogP contribution in [-0.4, -0.2) is 40.8 Å². The number of ether oxygens (including phenoxy) is 2. The van der Waals surface area contributed by atoms with Crippen LogP contribution in [0.1, 0.15) is 12.8 Å². The van der Waals surface area contributed by atoms with Gasteiger partial charge in [0.1, 0.15) is 11.5 Å². The van der Waals surface area contributed by atoms with E-state index in [1.165, 1.54) is 32.4 Å². The molecule has 0 bridgehead atoms. The molecule has 7 nitrogen and oxygen atoms in total. The van der Waals surface area contributed by atoms with Crippen molar-refractivity contribution in [2.75, 3.05) is 36.1 Å². The first-order valence-electron chi connectivity index (χ1n) is 9.36. The maximum atomic E-state index is 13.1. The zero-order valence-corrected chi connectivity index (χ0v) is 18.9. The van der Waals surface area contributed by atoms with E-state index in [9.17, 15) is 13.2 Å². The van der Waals surface area contributed by atoms with Crippen LogP contribution in [0.2, 0.25) is 5.02 Å². The van der Waals surface area contributed by atoms with Crippen LogP contribution in [0.4, 0.5) is 11.4 Å². The van der Waals surface area contributed by atoms with Gasteiger partial charge in [-0.2, -0.15) is 0 Å². The molecule has 1 saturated carbocycles. The van der Waals surface area contributed by atoms with Crippen LogP contribution in [0.3, 0.4) is 0 Å². The van der Waals surface area contributed by atoms with Gasteiger partial charge in [0.2, 0.25) is 5.91 Å². The Morgan fingerprint density at radius 2 is 1.90 bits per heavy atom. The molecular weight excluding hydrogens is 448 g/mol. The number of hydrogen-bond donors (Lipinski definition) is 1. The van der Waals surface area contributed by atoms with E-state index in [0.29, 0.717) is 18.0 Å². The van der Waals surface area contributed by atoms with Crippen LogP contribution in [0, 0.1) is 5.92 Å². The van der Waals surface area contributed by atoms with Gasteiger partial charge in [-0.1, -0.05) is 11.6 Å². The maximum Gasteiger partial charge on any atom is 0.262 e. The van der Waals surface area contributed by atoms with Gasteiger partial charge >= 0.3 is 0 Å². The molecule has 4 rings (SSSR count). The van der Waals surface area contributed by atoms with Crippen LogP contribution in [-0.2, 0) is 14.8 Å². The van der Waals surface area contributed by atoms with Gasteiger partial charge in [0.15, 0.2) is 0 Å². The normalized spacial score (nSPS) is 16.0. The summed E-state index contributed by atoms with van der Waals surface area (Å²) in [7, 11) is -1.06. The summed E-state index contributed by atoms with van der Waals surface area (Å²) in [6.45, 7) is 0.575. The van der Waals surface area contributed by atoms with E-state index in [1.54, 1.807) is 28.8 Å². The number of anilines is 2. The lowest BCUT2D eigenvalue weighted by atomic mass is 10.2. The molecule has 160 valence electrons. The number of sulfonamides is 1. The summed E-state index contributed by atoms with van der Waals surface area (Å²) in [5.74, 6) is 1.57. The lowest BCUT2D eigenvalue weighted by molar-refractivity contribution is -0.119. The van der Waals surface area contributed by atoms with Crippen LogP contribution < -0.4 is 19.1 Å². The summed E-state index contributed by atoms with van der Waals surface area (Å²) in [6.07, 6.45) is 1.80. The molecule has 1 aliphatic carbocycles. The van der Waals surface area contributed by atoms with E-state index in [1.807, 2.05) is 0 Å². The first kappa shape index (κ1) is 21.1. The number of benzene rings is 2. The third-order valence-electron chi connectivity index (χ3n) is 5.01. The Balaban J connectivity index is 1.68. The summed E-state index contributed by atoms with van der Waals surface area (Å²) >= 11 is 7.77. The molecule has 2 aromatic rings. The van der Waals surface area contributed by atoms with Crippen LogP contribution in [0.15, 0.2) is 40.1 Å². The van der Waals surface area contributed by atoms with Crippen molar-refractivity contribution in [3.63, 3.8) is 0 Å². The van der Waals surface area contributed by atoms with Gasteiger partial charge in [-0.15, -0.1) is 11.8 Å². The molecule has 1 N–H and O–H groups in total. The molecule has 2 aliphatic rings. The summed E-state index contributed by atoms with van der Waals surface area (Å²) in [6, 6.07) is 7.80. The zero-order valence-electron chi connectivity index (χ0n) is 16.5. The summed E-state index contributed by atoms with van der Waals surface area (Å²) in [4.78, 5) is 15.3. The highest BCUT2D eigenvalue weighted by Gasteiger charge is 2.36. The molecule has 30 heavy (non-hydrogen) atoms. The van der Waals surface area contributed by atoms with Crippen molar-refractivity contribution in [2.24, 2.45) is 5.92 Å². The number of methoxy groups -OCH3 is 2. The molecule has 0 atom stereocenters. The number of fused-ring (bicyclic) bond motifs is 1. The minimum absolute atomic E-state index is 0.0602. The van der Waals surface area contributed by atoms with Gasteiger partial charge in [0, 0.05) is 29.2 Å². The molecule has 0 saturated heterocycles. The molecule has 1 aliphatic heterocycles. The van der Waals surface area contributed by atoms with Crippen LogP contribution >= 0.6 is 23.4 Å². The lowest BCUT2D eigenvalue weighted by Crippen LogP contribution is -2.36. The highest BCUT2D eigenvalue weighted by atomic mass is 35.5. The first-order valence-corrected chi connectivity index (χ1v) is 12.2. The van der Waals surface area contributed by atoms with E-state index in [-0.39, 0.29) is 33.2 Å². The lowest BCUT2D eigenvalue weighted by Gasteiger charge is -2.29. The Morgan fingerprint density at radius 3 is 2.57 bits per heavy atom. The van der Waals surface area contributed by atoms with E-state index in [2.05, 4.69) is 4.72 Å². The highest BCUT2D eigenvalue weighted by molar-refractivity contribution is 7.99. The number of amides is 1. The summed E-state index contributed by atoms with van der Waals surface area (Å²) < 4.78 is 39.1. The minimum atomic E-state index is -3.95. The fourth-order valence-corrected chi connectivity index (χ4v) is 5.58. The second kappa shape index (κ2) is 8.20. The Kier molecular flexibility index (Phi) is 5.78. The first-order chi connectivity index (χ1) is 14.3. The third kappa shape index (κ3) is 4.06. The maximum absolute atomic E-state index is 13.1. The number of hydrogen-bond acceptors (Lipinski definition) is 6. The Morgan fingerprint density at radius 1 is 1.17 bits per heavy atom. The van der Waals surface area contributed by atoms with Crippen molar-refractivity contribution in [3.8, 4) is 11.5 Å². The fourth-order valence-electron chi connectivity index (χ4n) is 3.29. The second-order valence-electron chi connectivity index (χ2n) is 7.03. The monoisotopic (exact) mass is 468 g/mol. The standard InChI is InChI=1S/C20H21ClN2O5S2/c1-27-17-11-18(28-2)15(10-14(17)21)22-30(25,26)13-5-6-19-16(9-13)23(7-8-29-19)20(24)12-3-4-12/h5-6,9-12,22H,3-4,7-8H2,1-2H3. The molecule has 1 amide bonds. The number of thioether (sulfide) groups is 1. The quantitative estimate of drug-likeness (QED) is 0.689. The van der Waals surface area contributed by atoms with E-state index in [4.69, 9.17) is 21.1 Å². The van der Waals surface area contributed by atoms with Crippen molar-refractivity contribution in [1.29, 1.82) is 0 Å². The van der Waals surface area contributed by atoms with Gasteiger partial charge in [0.05, 0.1) is 35.5 Å². The SMILES string of the molecule is COc1cc(OC)c(NS(=O)(=O)c2ccc3c(c2)N(C(=O)C2CC2)CCS3)cc1Cl. The molecule has 0 spiro atoms. The van der Waals surface area contributed by atoms with Crippen molar-refractivity contribution in [1.82, 2.24) is 0 Å². The molecule has 10 heteroatoms. The second-order valence-corrected chi connectivity index (χ2v) is 10.3. The topological polar surface area (TPSA) is 84.9 Å². The summed E-state index contributed by atoms with van der Waals surface area (Å²) in [5.41, 5.74) is 0.840. The van der Waals surface area contributed by atoms with Gasteiger partial charge in [-0.05, 0) is 37.1 Å². The molecule has 2 aromatic carbocycles. The predicted molar refractivity (Wildman–Crippen MR) is 118 cm³/mol. The Hall–Kier alpha value is -2.10. The van der Waals surface area contributed by atoms with Gasteiger partial charge in [0.25, 0.3) is 10.0 Å². The van der Waals surface area contributed by atoms with Crippen molar-refractivity contribution < 1.29 is 22.7 Å². The van der Waals surface area contributed by atoms with Crippen LogP contribution in [0.5, 0.6) is 11.5 Å². The largest absolute Gasteiger partial charge is 0.495 e. The number of nitrogens with one attached hydrogen (secondary N) is 1. The molecule has 0 unspecified atom stereocenters. The Labute approximate surface area is 184 Å². The van der Waals surface area contributed by atoms with E-state index >= 15 is 0 Å². The fraction of sp³-hybridized carbons (Fsp3) is 0.350. The number of rotatable bonds is 6. The average Bonchev–Trinajstić information content (AvgIpc) is 3.58. The highest BCUT2D eigenvalue weighted by Crippen LogP contribution is 2.41. The number of carbonyl (C=O) groups is 1. The van der Waals surface area contributed by atoms with Gasteiger partial charge < -0.3 is 14.4 Å². The van der Waals surface area contributed by atoms with E-state index in [0.717, 1.165) is 23.5 Å². The van der Waals surface area contributed by atoms with E-state index < -0.39 is 10.0 Å². The smallest absolute Gasteiger partial charge is 0.262 e. The molecule has 0 aromatic heterocycles. The summed E-state index contributed by atoms with van der Waals surface area (Å²) in [5, 5.41) is 0.249. The zero-order chi connectivity index (χ0) is 21.5. The van der Waals surface area contributed by atoms with Crippen molar-refractivity contribution in [3.05, 3.63) is 35.4 Å². The minimum Gasteiger partial charge on any atom is -0.495 e. The molecule has 1 heterocycles. The molecule has 0 radical (unpaired) electrons. The predicted octanol–water partition coefficient (Wildman–Crippen LogP) is 4.01. The van der Waals surface area contributed by atoms with Gasteiger partial charge in [-0.25, -0.2) is 8.42 Å². The molecule has 1 fully saturated rings. The third-order valence-corrected chi connectivity index (χ3v) is 7.72. The molecular formula is C20H21ClN2O5S2. The van der Waals surface area contributed by atoms with Gasteiger partial charge in [-0.3, -0.25) is 9.52 Å². The Bertz CT molecular complexity index is 1100. The average molecular weight is 469 g/mol. The van der Waals surface area contributed by atoms with Crippen LogP contribution in [0.25, 0.3) is 0 Å². The number of carbonyl (C=O) groups excluding carboxylic acids is 1. The number of halogens is 1. The van der Waals surface area contributed by atoms with Crippen molar-refractivity contribution >= 4 is 50.7 Å². The van der Waals surface area contributed by atoms with Crippen molar-refractivity contribution in [2.45, 2.75) is 22.6 Å². The number of nitrogens with zero attached hydrogens (tertiary/aromatic N) is 1.